The summed E-state index contributed by atoms with van der Waals surface area (Å²) in [6.45, 7) is 2.10. The Bertz CT molecular complexity index is 1550. The Kier molecular flexibility index (Phi) is 10.3. The van der Waals surface area contributed by atoms with E-state index >= 15 is 0 Å². The predicted molar refractivity (Wildman–Crippen MR) is 167 cm³/mol. The Morgan fingerprint density at radius 3 is 2.04 bits per heavy atom. The molecule has 4 fully saturated rings. The highest BCUT2D eigenvalue weighted by molar-refractivity contribution is 5.66. The lowest BCUT2D eigenvalue weighted by atomic mass is 9.95. The van der Waals surface area contributed by atoms with Crippen molar-refractivity contribution in [2.24, 2.45) is 5.11 Å². The van der Waals surface area contributed by atoms with Gasteiger partial charge in [-0.25, -0.2) is 0 Å². The molecule has 11 atom stereocenters. The molecule has 0 radical (unpaired) electrons. The summed E-state index contributed by atoms with van der Waals surface area (Å²) in [7, 11) is 0. The van der Waals surface area contributed by atoms with Crippen LogP contribution in [0.3, 0.4) is 0 Å². The van der Waals surface area contributed by atoms with E-state index in [2.05, 4.69) is 10.0 Å². The first-order valence-electron chi connectivity index (χ1n) is 16.0. The fraction of sp³-hybridized carbons (Fsp3) is 0.457. The summed E-state index contributed by atoms with van der Waals surface area (Å²) in [5, 5.41) is 3.85. The second-order valence-corrected chi connectivity index (χ2v) is 12.0. The molecule has 3 aromatic carbocycles. The highest BCUT2D eigenvalue weighted by Crippen LogP contribution is 2.40. The third kappa shape index (κ3) is 7.25. The molecule has 0 spiro atoms. The van der Waals surface area contributed by atoms with Crippen LogP contribution in [0.15, 0.2) is 96.1 Å². The van der Waals surface area contributed by atoms with Gasteiger partial charge >= 0.3 is 5.97 Å². The molecule has 7 rings (SSSR count). The fourth-order valence-corrected chi connectivity index (χ4v) is 6.52. The van der Waals surface area contributed by atoms with Crippen LogP contribution in [0, 0.1) is 0 Å². The number of rotatable bonds is 11. The van der Waals surface area contributed by atoms with Crippen LogP contribution in [0.5, 0.6) is 0 Å². The average Bonchev–Trinajstić information content (AvgIpc) is 3.56. The van der Waals surface area contributed by atoms with Crippen LogP contribution in [0.25, 0.3) is 10.4 Å². The molecular formula is C35H37N3O10. The number of hydrogen-bond acceptors (Lipinski definition) is 11. The molecule has 48 heavy (non-hydrogen) atoms. The SMILES string of the molecule is CC(=O)O[C@@H]1[C@@H](N=[N+]=[N-])[C@@H]2OC[C@@H](O2)[C@H]1O[C@@H]1O[C@@H]2CO[C@@H](c3ccccc3)O[C@H]2[C@H](OCc2ccccc2)[C@H]1OCc1ccccc1. The molecule has 4 saturated heterocycles. The van der Waals surface area contributed by atoms with Gasteiger partial charge in [-0.1, -0.05) is 96.1 Å². The molecule has 4 heterocycles. The van der Waals surface area contributed by atoms with Crippen molar-refractivity contribution in [1.29, 1.82) is 0 Å². The third-order valence-corrected chi connectivity index (χ3v) is 8.74. The predicted octanol–water partition coefficient (Wildman–Crippen LogP) is 4.75. The second-order valence-electron chi connectivity index (χ2n) is 12.0. The van der Waals surface area contributed by atoms with Gasteiger partial charge in [0.1, 0.15) is 48.8 Å². The number of carbonyl (C=O) groups excluding carboxylic acids is 1. The van der Waals surface area contributed by atoms with E-state index in [1.165, 1.54) is 6.92 Å². The number of hydrogen-bond donors (Lipinski definition) is 0. The van der Waals surface area contributed by atoms with Crippen LogP contribution in [0.1, 0.15) is 29.9 Å². The summed E-state index contributed by atoms with van der Waals surface area (Å²) in [4.78, 5) is 15.2. The van der Waals surface area contributed by atoms with Gasteiger partial charge in [0.2, 0.25) is 0 Å². The number of carbonyl (C=O) groups is 1. The maximum Gasteiger partial charge on any atom is 0.303 e. The first-order valence-corrected chi connectivity index (χ1v) is 16.0. The molecule has 4 aliphatic heterocycles. The molecular weight excluding hydrogens is 622 g/mol. The van der Waals surface area contributed by atoms with Gasteiger partial charge in [-0.05, 0) is 16.7 Å². The van der Waals surface area contributed by atoms with Crippen molar-refractivity contribution in [2.75, 3.05) is 13.2 Å². The van der Waals surface area contributed by atoms with Crippen molar-refractivity contribution in [3.05, 3.63) is 118 Å². The number of fused-ring (bicyclic) bond motifs is 3. The molecule has 0 saturated carbocycles. The lowest BCUT2D eigenvalue weighted by Crippen LogP contribution is -2.65. The van der Waals surface area contributed by atoms with E-state index < -0.39 is 73.6 Å². The van der Waals surface area contributed by atoms with Crippen LogP contribution < -0.4 is 0 Å². The molecule has 13 nitrogen and oxygen atoms in total. The molecule has 0 amide bonds. The van der Waals surface area contributed by atoms with Crippen molar-refractivity contribution < 1.29 is 47.4 Å². The Labute approximate surface area is 277 Å². The van der Waals surface area contributed by atoms with E-state index in [-0.39, 0.29) is 26.4 Å². The first-order chi connectivity index (χ1) is 23.6. The van der Waals surface area contributed by atoms with Crippen molar-refractivity contribution in [2.45, 2.75) is 87.8 Å². The normalized spacial score (nSPS) is 34.1. The lowest BCUT2D eigenvalue weighted by molar-refractivity contribution is -0.384. The Morgan fingerprint density at radius 1 is 0.771 bits per heavy atom. The van der Waals surface area contributed by atoms with Crippen LogP contribution >= 0.6 is 0 Å². The average molecular weight is 660 g/mol. The smallest absolute Gasteiger partial charge is 0.303 e. The minimum absolute atomic E-state index is 0.137. The van der Waals surface area contributed by atoms with Crippen LogP contribution in [0.2, 0.25) is 0 Å². The third-order valence-electron chi connectivity index (χ3n) is 8.74. The maximum absolute atomic E-state index is 12.3. The van der Waals surface area contributed by atoms with E-state index in [1.54, 1.807) is 0 Å². The highest BCUT2D eigenvalue weighted by atomic mass is 16.8. The largest absolute Gasteiger partial charge is 0.459 e. The minimum atomic E-state index is -1.06. The van der Waals surface area contributed by atoms with Gasteiger partial charge in [-0.2, -0.15) is 0 Å². The molecule has 4 aliphatic rings. The van der Waals surface area contributed by atoms with E-state index in [9.17, 15) is 10.3 Å². The Balaban J connectivity index is 1.22. The molecule has 2 bridgehead atoms. The minimum Gasteiger partial charge on any atom is -0.459 e. The van der Waals surface area contributed by atoms with Gasteiger partial charge in [0, 0.05) is 17.4 Å². The van der Waals surface area contributed by atoms with Gasteiger partial charge in [-0.15, -0.1) is 0 Å². The van der Waals surface area contributed by atoms with E-state index in [4.69, 9.17) is 42.6 Å². The zero-order chi connectivity index (χ0) is 32.9. The first kappa shape index (κ1) is 32.7. The summed E-state index contributed by atoms with van der Waals surface area (Å²) in [6, 6.07) is 28.2. The van der Waals surface area contributed by atoms with E-state index in [0.29, 0.717) is 0 Å². The quantitative estimate of drug-likeness (QED) is 0.122. The molecule has 0 aromatic heterocycles. The van der Waals surface area contributed by atoms with Crippen LogP contribution in [-0.4, -0.2) is 80.5 Å². The van der Waals surface area contributed by atoms with Gasteiger partial charge in [0.15, 0.2) is 18.9 Å². The molecule has 0 unspecified atom stereocenters. The van der Waals surface area contributed by atoms with E-state index in [0.717, 1.165) is 16.7 Å². The summed E-state index contributed by atoms with van der Waals surface area (Å²) >= 11 is 0. The molecule has 0 aliphatic carbocycles. The van der Waals surface area contributed by atoms with Gasteiger partial charge < -0.3 is 42.6 Å². The molecule has 0 N–H and O–H groups in total. The fourth-order valence-electron chi connectivity index (χ4n) is 6.52. The zero-order valence-electron chi connectivity index (χ0n) is 26.3. The van der Waals surface area contributed by atoms with Crippen LogP contribution in [-0.2, 0) is 60.6 Å². The van der Waals surface area contributed by atoms with Crippen molar-refractivity contribution in [3.8, 4) is 0 Å². The Hall–Kier alpha value is -3.88. The van der Waals surface area contributed by atoms with E-state index in [1.807, 2.05) is 91.0 Å². The standard InChI is InChI=1S/C35H37N3O10/c1-21(39)44-30-27(37-38-36)34-43-20-25(45-34)28(30)48-35-32(41-18-23-13-7-3-8-14-23)31(40-17-22-11-5-2-6-12-22)29-26(46-35)19-42-33(47-29)24-15-9-4-10-16-24/h2-16,25-35H,17-20H2,1H3/t25-,26-,27-,28-,29-,30-,31+,32-,33-,34-,35+/m1/s1. The highest BCUT2D eigenvalue weighted by Gasteiger charge is 2.57. The zero-order valence-corrected chi connectivity index (χ0v) is 26.3. The van der Waals surface area contributed by atoms with Crippen molar-refractivity contribution >= 4 is 5.97 Å². The number of esters is 1. The summed E-state index contributed by atoms with van der Waals surface area (Å²) in [5.41, 5.74) is 12.1. The van der Waals surface area contributed by atoms with Gasteiger partial charge in [0.25, 0.3) is 0 Å². The van der Waals surface area contributed by atoms with Gasteiger partial charge in [-0.3, -0.25) is 4.79 Å². The summed E-state index contributed by atoms with van der Waals surface area (Å²) < 4.78 is 56.8. The monoisotopic (exact) mass is 659 g/mol. The summed E-state index contributed by atoms with van der Waals surface area (Å²) in [6.07, 6.45) is -7.89. The number of nitrogens with zero attached hydrogens (tertiary/aromatic N) is 3. The topological polar surface area (TPSA) is 149 Å². The van der Waals surface area contributed by atoms with Gasteiger partial charge in [0.05, 0.1) is 26.4 Å². The van der Waals surface area contributed by atoms with Crippen molar-refractivity contribution in [1.82, 2.24) is 0 Å². The van der Waals surface area contributed by atoms with Crippen LogP contribution in [0.4, 0.5) is 0 Å². The number of azide groups is 1. The molecule has 252 valence electrons. The number of benzene rings is 3. The lowest BCUT2D eigenvalue weighted by Gasteiger charge is -2.50. The molecule has 13 heteroatoms. The number of ether oxygens (including phenoxy) is 9. The summed E-state index contributed by atoms with van der Waals surface area (Å²) in [5.74, 6) is -0.570. The second kappa shape index (κ2) is 15.1. The Morgan fingerprint density at radius 2 is 1.40 bits per heavy atom. The maximum atomic E-state index is 12.3. The van der Waals surface area contributed by atoms with Crippen molar-refractivity contribution in [3.63, 3.8) is 0 Å². The molecule has 3 aromatic rings.